The third kappa shape index (κ3) is 7.24. The summed E-state index contributed by atoms with van der Waals surface area (Å²) >= 11 is 0. The number of carbonyl (C=O) groups excluding carboxylic acids is 2. The maximum atomic E-state index is 12.6. The van der Waals surface area contributed by atoms with Crippen LogP contribution >= 0.6 is 24.8 Å². The monoisotopic (exact) mass is 493 g/mol. The summed E-state index contributed by atoms with van der Waals surface area (Å²) in [5, 5.41) is 14.0. The summed E-state index contributed by atoms with van der Waals surface area (Å²) in [5.74, 6) is 0.0765. The Morgan fingerprint density at radius 3 is 2.48 bits per heavy atom. The van der Waals surface area contributed by atoms with Crippen molar-refractivity contribution in [1.29, 1.82) is 0 Å². The largest absolute Gasteiger partial charge is 0.391 e. The molecule has 1 saturated heterocycles. The van der Waals surface area contributed by atoms with Crippen LogP contribution in [0.1, 0.15) is 59.3 Å². The highest BCUT2D eigenvalue weighted by Crippen LogP contribution is 2.20. The minimum absolute atomic E-state index is 0. The van der Waals surface area contributed by atoms with Crippen molar-refractivity contribution in [3.63, 3.8) is 0 Å². The number of pyridine rings is 1. The molecule has 0 bridgehead atoms. The summed E-state index contributed by atoms with van der Waals surface area (Å²) in [4.78, 5) is 31.2. The molecule has 1 aromatic carbocycles. The summed E-state index contributed by atoms with van der Waals surface area (Å²) in [6.07, 6.45) is 6.05. The molecule has 180 valence electrons. The summed E-state index contributed by atoms with van der Waals surface area (Å²) in [6, 6.07) is 11.7. The second kappa shape index (κ2) is 13.0. The molecular formula is C25H33Cl2N3O3. The number of benzene rings is 1. The van der Waals surface area contributed by atoms with E-state index >= 15 is 0 Å². The lowest BCUT2D eigenvalue weighted by atomic mass is 9.91. The Morgan fingerprint density at radius 1 is 1.06 bits per heavy atom. The highest BCUT2D eigenvalue weighted by Gasteiger charge is 2.25. The minimum atomic E-state index is -0.577. The molecule has 0 spiro atoms. The van der Waals surface area contributed by atoms with Crippen LogP contribution < -0.4 is 5.32 Å². The topological polar surface area (TPSA) is 82.5 Å². The fourth-order valence-corrected chi connectivity index (χ4v) is 4.48. The number of hydrogen-bond donors (Lipinski definition) is 2. The highest BCUT2D eigenvalue weighted by molar-refractivity contribution is 5.95. The van der Waals surface area contributed by atoms with Gasteiger partial charge in [-0.15, -0.1) is 24.8 Å². The van der Waals surface area contributed by atoms with E-state index in [2.05, 4.69) is 22.4 Å². The van der Waals surface area contributed by atoms with Gasteiger partial charge in [0.15, 0.2) is 5.78 Å². The number of Topliss-reactive ketones (excluding diaryl/α,β-unsaturated/α-hetero) is 1. The van der Waals surface area contributed by atoms with Crippen LogP contribution in [0.25, 0.3) is 0 Å². The van der Waals surface area contributed by atoms with Crippen LogP contribution in [0.15, 0.2) is 42.6 Å². The molecule has 2 aromatic rings. The number of fused-ring (bicyclic) bond motifs is 1. The number of piperidine rings is 1. The molecule has 1 aromatic heterocycles. The molecule has 0 aliphatic carbocycles. The summed E-state index contributed by atoms with van der Waals surface area (Å²) < 4.78 is 0. The van der Waals surface area contributed by atoms with Gasteiger partial charge in [0.2, 0.25) is 5.91 Å². The lowest BCUT2D eigenvalue weighted by Crippen LogP contribution is -2.44. The molecule has 6 nitrogen and oxygen atoms in total. The van der Waals surface area contributed by atoms with Crippen molar-refractivity contribution in [3.8, 4) is 0 Å². The number of hydrogen-bond acceptors (Lipinski definition) is 5. The predicted octanol–water partition coefficient (Wildman–Crippen LogP) is 3.52. The maximum Gasteiger partial charge on any atom is 0.228 e. The SMILES string of the molecule is Cl.Cl.O=C(CC[C@@H](O)[C@@H]1Cc2ccccc2CN1)c1ccc(CC(=O)N2CCCCC2)nc1. The molecule has 33 heavy (non-hydrogen) atoms. The summed E-state index contributed by atoms with van der Waals surface area (Å²) in [6.45, 7) is 2.41. The van der Waals surface area contributed by atoms with Gasteiger partial charge in [0.05, 0.1) is 12.5 Å². The average Bonchev–Trinajstić information content (AvgIpc) is 2.83. The Hall–Kier alpha value is -1.99. The molecule has 0 saturated carbocycles. The first-order valence-electron chi connectivity index (χ1n) is 11.3. The first kappa shape index (κ1) is 27.3. The van der Waals surface area contributed by atoms with Crippen molar-refractivity contribution in [2.24, 2.45) is 0 Å². The Kier molecular flexibility index (Phi) is 10.8. The number of aliphatic hydroxyl groups excluding tert-OH is 1. The van der Waals surface area contributed by atoms with Gasteiger partial charge in [0.1, 0.15) is 0 Å². The van der Waals surface area contributed by atoms with Gasteiger partial charge >= 0.3 is 0 Å². The van der Waals surface area contributed by atoms with Crippen LogP contribution in [0.3, 0.4) is 0 Å². The lowest BCUT2D eigenvalue weighted by Gasteiger charge is -2.29. The van der Waals surface area contributed by atoms with Crippen LogP contribution in [0.4, 0.5) is 0 Å². The third-order valence-corrected chi connectivity index (χ3v) is 6.43. The number of nitrogens with one attached hydrogen (secondary N) is 1. The van der Waals surface area contributed by atoms with Gasteiger partial charge in [-0.05, 0) is 55.4 Å². The predicted molar refractivity (Wildman–Crippen MR) is 133 cm³/mol. The Labute approximate surface area is 208 Å². The molecule has 3 heterocycles. The molecule has 1 amide bonds. The number of rotatable bonds is 7. The number of nitrogens with zero attached hydrogens (tertiary/aromatic N) is 2. The molecule has 2 aliphatic heterocycles. The second-order valence-electron chi connectivity index (χ2n) is 8.65. The van der Waals surface area contributed by atoms with Gasteiger partial charge in [-0.1, -0.05) is 24.3 Å². The zero-order chi connectivity index (χ0) is 21.6. The summed E-state index contributed by atoms with van der Waals surface area (Å²) in [7, 11) is 0. The quantitative estimate of drug-likeness (QED) is 0.576. The van der Waals surface area contributed by atoms with Crippen molar-refractivity contribution < 1.29 is 14.7 Å². The Morgan fingerprint density at radius 2 is 1.79 bits per heavy atom. The molecule has 1 fully saturated rings. The lowest BCUT2D eigenvalue weighted by molar-refractivity contribution is -0.131. The number of halogens is 2. The number of carbonyl (C=O) groups is 2. The van der Waals surface area contributed by atoms with Crippen molar-refractivity contribution in [3.05, 3.63) is 65.0 Å². The van der Waals surface area contributed by atoms with Crippen molar-refractivity contribution in [2.75, 3.05) is 13.1 Å². The van der Waals surface area contributed by atoms with Gasteiger partial charge in [0, 0.05) is 49.6 Å². The first-order chi connectivity index (χ1) is 15.1. The first-order valence-corrected chi connectivity index (χ1v) is 11.3. The third-order valence-electron chi connectivity index (χ3n) is 6.43. The molecule has 2 N–H and O–H groups in total. The second-order valence-corrected chi connectivity index (χ2v) is 8.65. The van der Waals surface area contributed by atoms with E-state index in [1.54, 1.807) is 18.3 Å². The van der Waals surface area contributed by atoms with E-state index in [-0.39, 0.29) is 55.4 Å². The highest BCUT2D eigenvalue weighted by atomic mass is 35.5. The van der Waals surface area contributed by atoms with E-state index in [9.17, 15) is 14.7 Å². The zero-order valence-corrected chi connectivity index (χ0v) is 20.4. The number of aromatic nitrogens is 1. The van der Waals surface area contributed by atoms with E-state index in [1.165, 1.54) is 17.5 Å². The van der Waals surface area contributed by atoms with Crippen molar-refractivity contribution in [2.45, 2.75) is 63.6 Å². The molecule has 0 unspecified atom stereocenters. The van der Waals surface area contributed by atoms with Crippen LogP contribution in [-0.2, 0) is 24.2 Å². The van der Waals surface area contributed by atoms with Gasteiger partial charge in [-0.25, -0.2) is 0 Å². The average molecular weight is 494 g/mol. The molecule has 0 radical (unpaired) electrons. The van der Waals surface area contributed by atoms with Gasteiger partial charge < -0.3 is 15.3 Å². The number of likely N-dealkylation sites (tertiary alicyclic amines) is 1. The number of amides is 1. The normalized spacial score (nSPS) is 18.3. The minimum Gasteiger partial charge on any atom is -0.391 e. The van der Waals surface area contributed by atoms with Crippen molar-refractivity contribution in [1.82, 2.24) is 15.2 Å². The fraction of sp³-hybridized carbons (Fsp3) is 0.480. The van der Waals surface area contributed by atoms with E-state index in [1.807, 2.05) is 17.0 Å². The van der Waals surface area contributed by atoms with E-state index in [0.29, 0.717) is 17.7 Å². The number of ketones is 1. The van der Waals surface area contributed by atoms with Crippen molar-refractivity contribution >= 4 is 36.5 Å². The van der Waals surface area contributed by atoms with Gasteiger partial charge in [-0.3, -0.25) is 14.6 Å². The molecule has 2 aliphatic rings. The van der Waals surface area contributed by atoms with Crippen LogP contribution in [0.2, 0.25) is 0 Å². The van der Waals surface area contributed by atoms with Gasteiger partial charge in [0.25, 0.3) is 0 Å². The maximum absolute atomic E-state index is 12.6. The smallest absolute Gasteiger partial charge is 0.228 e. The Balaban J connectivity index is 0.00000193. The Bertz CT molecular complexity index is 917. The molecular weight excluding hydrogens is 461 g/mol. The molecule has 4 rings (SSSR count). The molecule has 8 heteroatoms. The molecule has 2 atom stereocenters. The van der Waals surface area contributed by atoms with Crippen LogP contribution in [-0.4, -0.2) is 51.9 Å². The summed E-state index contributed by atoms with van der Waals surface area (Å²) in [5.41, 5.74) is 3.75. The van der Waals surface area contributed by atoms with E-state index < -0.39 is 6.10 Å². The van der Waals surface area contributed by atoms with Crippen LogP contribution in [0, 0.1) is 0 Å². The van der Waals surface area contributed by atoms with Gasteiger partial charge in [-0.2, -0.15) is 0 Å². The van der Waals surface area contributed by atoms with E-state index in [0.717, 1.165) is 38.9 Å². The number of aliphatic hydroxyl groups is 1. The van der Waals surface area contributed by atoms with Crippen LogP contribution in [0.5, 0.6) is 0 Å². The van der Waals surface area contributed by atoms with E-state index in [4.69, 9.17) is 0 Å². The fourth-order valence-electron chi connectivity index (χ4n) is 4.48. The zero-order valence-electron chi connectivity index (χ0n) is 18.7. The standard InChI is InChI=1S/C25H31N3O3.2ClH/c29-23(10-11-24(30)22-14-18-6-2-3-7-19(18)16-27-22)20-8-9-21(26-17-20)15-25(31)28-12-4-1-5-13-28;;/h2-3,6-9,17,22,24,27,30H,1,4-5,10-16H2;2*1H/t22-,24+;;/m0../s1.